The summed E-state index contributed by atoms with van der Waals surface area (Å²) in [5.41, 5.74) is -0.147. The van der Waals surface area contributed by atoms with Crippen molar-refractivity contribution in [1.29, 1.82) is 0 Å². The number of nitrogens with one attached hydrogen (secondary N) is 4. The SMILES string of the molecule is COc1ccc2c(O[C@@H]3C[C@H]4C(=O)N[C@]5(C(=O)O)CC5/C=C\CCCCC[C@H](NC(=O)NC(CN5CCCN(C(C)C)S5(=O)=O)C5(C)CCCCC5)C(=O)N4C3)cc(-c3csc(NC(C)C)n3)nc2c1. The predicted molar refractivity (Wildman–Crippen MR) is 269 cm³/mol. The number of carbonyl (C=O) groups is 4. The summed E-state index contributed by atoms with van der Waals surface area (Å²) in [7, 11) is -2.21. The van der Waals surface area contributed by atoms with E-state index in [-0.39, 0.29) is 44.4 Å². The Bertz CT molecular complexity index is 2550. The molecule has 2 aliphatic carbocycles. The molecule has 6 atom stereocenters. The highest BCUT2D eigenvalue weighted by atomic mass is 32.2. The van der Waals surface area contributed by atoms with Crippen LogP contribution in [0.25, 0.3) is 22.3 Å². The first-order chi connectivity index (χ1) is 33.4. The van der Waals surface area contributed by atoms with Gasteiger partial charge in [0.05, 0.1) is 24.9 Å². The molecule has 20 heteroatoms. The van der Waals surface area contributed by atoms with E-state index in [9.17, 15) is 27.9 Å². The standard InChI is InChI=1S/C50H71N9O9S2/c1-31(2)51-48-54-40(30-69-48)39-26-42(36-19-18-34(67-6)24-38(36)52-39)68-35-25-41-44(60)56-50(46(62)63)27-33(50)16-11-8-7-9-12-17-37(45(61)58(41)28-35)53-47(64)55-43(49(5)20-13-10-14-21-49)29-57-22-15-23-59(32(3)4)70(57,65)66/h11,16,18-19,24,26,30-33,35,37,41,43H,7-10,12-15,17,20-23,25,27-29H2,1-6H3,(H,51,54)(H,56,60)(H,62,63)(H2,53,55,64)/b16-11-/t33?,35-,37+,41+,43?,50-/m1/s1. The minimum absolute atomic E-state index is 0.0333. The van der Waals surface area contributed by atoms with Gasteiger partial charge in [-0.05, 0) is 90.2 Å². The molecule has 2 saturated carbocycles. The summed E-state index contributed by atoms with van der Waals surface area (Å²) in [6, 6.07) is 3.87. The number of carboxylic acid groups (broad SMARTS) is 1. The van der Waals surface area contributed by atoms with Crippen LogP contribution >= 0.6 is 11.3 Å². The van der Waals surface area contributed by atoms with E-state index >= 15 is 4.79 Å². The lowest BCUT2D eigenvalue weighted by molar-refractivity contribution is -0.145. The average Bonchev–Trinajstić information content (AvgIpc) is 3.57. The van der Waals surface area contributed by atoms with E-state index in [0.717, 1.165) is 50.1 Å². The largest absolute Gasteiger partial charge is 0.497 e. The summed E-state index contributed by atoms with van der Waals surface area (Å²) in [6.45, 7) is 10.7. The van der Waals surface area contributed by atoms with Crippen molar-refractivity contribution in [3.8, 4) is 22.9 Å². The number of ether oxygens (including phenoxy) is 2. The van der Waals surface area contributed by atoms with Gasteiger partial charge in [-0.2, -0.15) is 17.0 Å². The fourth-order valence-electron chi connectivity index (χ4n) is 10.8. The topological polar surface area (TPSA) is 225 Å². The van der Waals surface area contributed by atoms with Crippen molar-refractivity contribution in [2.75, 3.05) is 38.6 Å². The second kappa shape index (κ2) is 21.3. The first-order valence-corrected chi connectivity index (χ1v) is 27.4. The first kappa shape index (κ1) is 51.3. The van der Waals surface area contributed by atoms with E-state index < -0.39 is 75.1 Å². The number of amides is 4. The van der Waals surface area contributed by atoms with Crippen molar-refractivity contribution in [3.05, 3.63) is 41.8 Å². The van der Waals surface area contributed by atoms with Crippen molar-refractivity contribution in [2.45, 2.75) is 160 Å². The molecule has 3 aliphatic heterocycles. The third-order valence-electron chi connectivity index (χ3n) is 14.9. The lowest BCUT2D eigenvalue weighted by Gasteiger charge is -2.45. The molecule has 3 aromatic rings. The van der Waals surface area contributed by atoms with Crippen molar-refractivity contribution < 1.29 is 42.2 Å². The zero-order valence-corrected chi connectivity index (χ0v) is 43.0. The Labute approximate surface area is 415 Å². The molecule has 5 aliphatic rings. The maximum atomic E-state index is 15.2. The van der Waals surface area contributed by atoms with Crippen molar-refractivity contribution in [3.63, 3.8) is 0 Å². The van der Waals surface area contributed by atoms with Gasteiger partial charge >= 0.3 is 12.0 Å². The number of benzene rings is 1. The number of methoxy groups -OCH3 is 1. The van der Waals surface area contributed by atoms with Crippen LogP contribution in [0.5, 0.6) is 11.5 Å². The van der Waals surface area contributed by atoms with Gasteiger partial charge in [0.1, 0.15) is 40.9 Å². The second-order valence-electron chi connectivity index (χ2n) is 20.7. The molecule has 18 nitrogen and oxygen atoms in total. The Morgan fingerprint density at radius 3 is 2.50 bits per heavy atom. The van der Waals surface area contributed by atoms with Gasteiger partial charge in [-0.1, -0.05) is 51.2 Å². The molecular weight excluding hydrogens is 935 g/mol. The summed E-state index contributed by atoms with van der Waals surface area (Å²) in [5, 5.41) is 26.2. The Morgan fingerprint density at radius 2 is 1.77 bits per heavy atom. The predicted octanol–water partition coefficient (Wildman–Crippen LogP) is 6.68. The molecule has 0 spiro atoms. The van der Waals surface area contributed by atoms with E-state index in [1.54, 1.807) is 25.3 Å². The molecule has 382 valence electrons. The van der Waals surface area contributed by atoms with Crippen LogP contribution in [0.3, 0.4) is 0 Å². The van der Waals surface area contributed by atoms with Crippen molar-refractivity contribution in [1.82, 2.24) is 39.4 Å². The van der Waals surface area contributed by atoms with Gasteiger partial charge in [-0.3, -0.25) is 9.59 Å². The van der Waals surface area contributed by atoms with E-state index in [1.807, 2.05) is 51.3 Å². The molecule has 2 saturated heterocycles. The molecule has 1 aromatic carbocycles. The highest BCUT2D eigenvalue weighted by molar-refractivity contribution is 7.86. The highest BCUT2D eigenvalue weighted by Crippen LogP contribution is 2.46. The number of pyridine rings is 1. The molecule has 5 heterocycles. The Kier molecular flexibility index (Phi) is 15.6. The van der Waals surface area contributed by atoms with Gasteiger partial charge in [-0.15, -0.1) is 11.3 Å². The van der Waals surface area contributed by atoms with Crippen LogP contribution in [0.15, 0.2) is 41.8 Å². The summed E-state index contributed by atoms with van der Waals surface area (Å²) in [6.07, 6.45) is 11.7. The van der Waals surface area contributed by atoms with Gasteiger partial charge in [0.25, 0.3) is 10.2 Å². The lowest BCUT2D eigenvalue weighted by atomic mass is 9.70. The smallest absolute Gasteiger partial charge is 0.330 e. The van der Waals surface area contributed by atoms with Crippen LogP contribution in [-0.2, 0) is 24.6 Å². The van der Waals surface area contributed by atoms with Crippen LogP contribution < -0.4 is 30.7 Å². The normalized spacial score (nSPS) is 27.3. The number of allylic oxidation sites excluding steroid dienone is 1. The summed E-state index contributed by atoms with van der Waals surface area (Å²) in [4.78, 5) is 68.2. The number of anilines is 1. The number of hydrogen-bond donors (Lipinski definition) is 5. The highest BCUT2D eigenvalue weighted by Gasteiger charge is 2.61. The van der Waals surface area contributed by atoms with Crippen molar-refractivity contribution >= 4 is 61.4 Å². The zero-order valence-electron chi connectivity index (χ0n) is 41.4. The van der Waals surface area contributed by atoms with Gasteiger partial charge in [-0.25, -0.2) is 19.6 Å². The first-order valence-electron chi connectivity index (χ1n) is 25.1. The number of aliphatic carboxylic acids is 1. The number of rotatable bonds is 13. The minimum Gasteiger partial charge on any atom is -0.497 e. The molecule has 4 amide bonds. The summed E-state index contributed by atoms with van der Waals surface area (Å²) < 4.78 is 43.2. The molecule has 70 heavy (non-hydrogen) atoms. The number of nitrogens with zero attached hydrogens (tertiary/aromatic N) is 5. The van der Waals surface area contributed by atoms with Crippen molar-refractivity contribution in [2.24, 2.45) is 11.3 Å². The monoisotopic (exact) mass is 1010 g/mol. The van der Waals surface area contributed by atoms with Crippen LogP contribution in [-0.4, -0.2) is 136 Å². The number of carboxylic acids is 1. The average molecular weight is 1010 g/mol. The number of aromatic nitrogens is 2. The number of hydrogen-bond acceptors (Lipinski definition) is 12. The fourth-order valence-corrected chi connectivity index (χ4v) is 13.5. The molecule has 4 fully saturated rings. The molecule has 2 aromatic heterocycles. The molecule has 8 rings (SSSR count). The van der Waals surface area contributed by atoms with Crippen LogP contribution in [0.4, 0.5) is 9.93 Å². The Balaban J connectivity index is 1.09. The van der Waals surface area contributed by atoms with Gasteiger partial charge in [0.2, 0.25) is 11.8 Å². The number of urea groups is 1. The number of carbonyl (C=O) groups excluding carboxylic acids is 3. The maximum Gasteiger partial charge on any atom is 0.330 e. The lowest BCUT2D eigenvalue weighted by Crippen LogP contribution is -2.61. The second-order valence-corrected chi connectivity index (χ2v) is 23.5. The molecule has 2 unspecified atom stereocenters. The van der Waals surface area contributed by atoms with E-state index in [1.165, 1.54) is 24.8 Å². The van der Waals surface area contributed by atoms with Gasteiger partial charge < -0.3 is 40.7 Å². The Hall–Kier alpha value is -5.05. The zero-order chi connectivity index (χ0) is 50.0. The molecular formula is C50H71N9O9S2. The van der Waals surface area contributed by atoms with Crippen LogP contribution in [0, 0.1) is 11.3 Å². The summed E-state index contributed by atoms with van der Waals surface area (Å²) in [5.74, 6) is -1.60. The molecule has 5 N–H and O–H groups in total. The maximum absolute atomic E-state index is 15.2. The third-order valence-corrected chi connectivity index (χ3v) is 17.8. The van der Waals surface area contributed by atoms with E-state index in [2.05, 4.69) is 28.2 Å². The summed E-state index contributed by atoms with van der Waals surface area (Å²) >= 11 is 1.46. The number of thiazole rings is 1. The molecule has 0 bridgehead atoms. The quantitative estimate of drug-likeness (QED) is 0.113. The third kappa shape index (κ3) is 11.2. The van der Waals surface area contributed by atoms with Crippen LogP contribution in [0.2, 0.25) is 0 Å². The van der Waals surface area contributed by atoms with Gasteiger partial charge in [0.15, 0.2) is 5.13 Å². The Morgan fingerprint density at radius 1 is 1.00 bits per heavy atom. The van der Waals surface area contributed by atoms with Crippen LogP contribution in [0.1, 0.15) is 118 Å². The van der Waals surface area contributed by atoms with E-state index in [4.69, 9.17) is 19.4 Å². The minimum atomic E-state index is -3.79. The van der Waals surface area contributed by atoms with Gasteiger partial charge in [0, 0.05) is 73.0 Å². The fraction of sp³-hybridized carbons (Fsp3) is 0.640. The molecule has 0 radical (unpaired) electrons. The van der Waals surface area contributed by atoms with E-state index in [0.29, 0.717) is 66.1 Å². The number of fused-ring (bicyclic) bond motifs is 3.